The van der Waals surface area contributed by atoms with Gasteiger partial charge in [-0.3, -0.25) is 4.79 Å². The minimum absolute atomic E-state index is 0.0473. The molecule has 106 valence electrons. The van der Waals surface area contributed by atoms with Crippen LogP contribution in [0.4, 0.5) is 0 Å². The molecule has 3 heterocycles. The zero-order valence-electron chi connectivity index (χ0n) is 11.1. The first kappa shape index (κ1) is 12.9. The number of piperazine rings is 1. The summed E-state index contributed by atoms with van der Waals surface area (Å²) in [4.78, 5) is 27.0. The number of nitrogens with zero attached hydrogens (tertiary/aromatic N) is 1. The highest BCUT2D eigenvalue weighted by Crippen LogP contribution is 2.44. The van der Waals surface area contributed by atoms with E-state index in [1.54, 1.807) is 4.90 Å². The molecule has 0 radical (unpaired) electrons. The maximum atomic E-state index is 12.6. The number of quaternary nitrogens is 1. The average molecular weight is 268 g/mol. The van der Waals surface area contributed by atoms with E-state index >= 15 is 0 Å². The maximum Gasteiger partial charge on any atom is 0.229 e. The van der Waals surface area contributed by atoms with Crippen molar-refractivity contribution in [2.45, 2.75) is 25.0 Å². The summed E-state index contributed by atoms with van der Waals surface area (Å²) in [5.41, 5.74) is 0. The molecule has 3 rings (SSSR count). The second-order valence-electron chi connectivity index (χ2n) is 5.94. The van der Waals surface area contributed by atoms with E-state index in [1.807, 2.05) is 0 Å². The lowest BCUT2D eigenvalue weighted by molar-refractivity contribution is -0.883. The number of aliphatic carboxylic acids is 1. The number of carboxylic acid groups (broad SMARTS) is 1. The van der Waals surface area contributed by atoms with E-state index in [9.17, 15) is 14.7 Å². The van der Waals surface area contributed by atoms with E-state index in [1.165, 1.54) is 4.90 Å². The fraction of sp³-hybridized carbons (Fsp3) is 0.846. The number of rotatable bonds is 2. The largest absolute Gasteiger partial charge is 0.550 e. The van der Waals surface area contributed by atoms with Gasteiger partial charge >= 0.3 is 0 Å². The molecule has 0 aromatic heterocycles. The number of carbonyl (C=O) groups excluding carboxylic acids is 2. The molecule has 0 aromatic carbocycles. The van der Waals surface area contributed by atoms with Gasteiger partial charge < -0.3 is 24.4 Å². The summed E-state index contributed by atoms with van der Waals surface area (Å²) < 4.78 is 5.62. The molecule has 0 spiro atoms. The number of nitrogens with one attached hydrogen (secondary N) is 1. The Hall–Kier alpha value is -1.14. The number of hydrogen-bond donors (Lipinski definition) is 1. The van der Waals surface area contributed by atoms with Crippen molar-refractivity contribution in [2.24, 2.45) is 11.8 Å². The van der Waals surface area contributed by atoms with Crippen molar-refractivity contribution < 1.29 is 24.3 Å². The van der Waals surface area contributed by atoms with Crippen molar-refractivity contribution in [3.63, 3.8) is 0 Å². The summed E-state index contributed by atoms with van der Waals surface area (Å²) in [6.07, 6.45) is 0.999. The lowest BCUT2D eigenvalue weighted by Crippen LogP contribution is -3.12. The van der Waals surface area contributed by atoms with Crippen LogP contribution in [0.15, 0.2) is 0 Å². The zero-order chi connectivity index (χ0) is 13.6. The van der Waals surface area contributed by atoms with Crippen LogP contribution in [0, 0.1) is 11.8 Å². The molecule has 3 saturated heterocycles. The molecule has 0 aromatic rings. The molecule has 0 aliphatic carbocycles. The predicted molar refractivity (Wildman–Crippen MR) is 63.1 cm³/mol. The molecular formula is C13H20N2O4. The van der Waals surface area contributed by atoms with Crippen LogP contribution >= 0.6 is 0 Å². The number of amides is 1. The Morgan fingerprint density at radius 1 is 1.16 bits per heavy atom. The van der Waals surface area contributed by atoms with Crippen molar-refractivity contribution in [3.8, 4) is 0 Å². The smallest absolute Gasteiger partial charge is 0.229 e. The van der Waals surface area contributed by atoms with Gasteiger partial charge in [0.1, 0.15) is 0 Å². The van der Waals surface area contributed by atoms with Gasteiger partial charge in [-0.25, -0.2) is 0 Å². The van der Waals surface area contributed by atoms with Crippen LogP contribution in [0.3, 0.4) is 0 Å². The Kier molecular flexibility index (Phi) is 3.22. The van der Waals surface area contributed by atoms with Crippen LogP contribution in [-0.4, -0.2) is 62.2 Å². The van der Waals surface area contributed by atoms with Gasteiger partial charge in [0.05, 0.1) is 51.4 Å². The molecule has 3 aliphatic heterocycles. The molecule has 1 amide bonds. The van der Waals surface area contributed by atoms with Crippen molar-refractivity contribution in [3.05, 3.63) is 0 Å². The Morgan fingerprint density at radius 2 is 1.74 bits per heavy atom. The van der Waals surface area contributed by atoms with Gasteiger partial charge in [-0.05, 0) is 12.8 Å². The first-order chi connectivity index (χ1) is 9.08. The van der Waals surface area contributed by atoms with E-state index in [-0.39, 0.29) is 18.1 Å². The van der Waals surface area contributed by atoms with Gasteiger partial charge in [-0.15, -0.1) is 0 Å². The summed E-state index contributed by atoms with van der Waals surface area (Å²) in [7, 11) is 2.10. The highest BCUT2D eigenvalue weighted by molar-refractivity contribution is 5.86. The standard InChI is InChI=1S/C13H20N2O4/c1-14-4-6-15(7-5-14)12(16)10-8-2-3-9(19-8)11(10)13(17)18/h8-11H,2-7H2,1H3,(H,17,18)/t8-,9+,10-,11+/m0/s1. The monoisotopic (exact) mass is 268 g/mol. The number of likely N-dealkylation sites (N-methyl/N-ethyl adjacent to an activating group) is 1. The predicted octanol–water partition coefficient (Wildman–Crippen LogP) is -3.11. The second kappa shape index (κ2) is 4.76. The van der Waals surface area contributed by atoms with Crippen LogP contribution in [0.25, 0.3) is 0 Å². The van der Waals surface area contributed by atoms with Gasteiger partial charge in [0.2, 0.25) is 5.91 Å². The van der Waals surface area contributed by atoms with E-state index in [2.05, 4.69) is 7.05 Å². The molecule has 0 unspecified atom stereocenters. The molecule has 6 nitrogen and oxygen atoms in total. The molecule has 3 aliphatic rings. The van der Waals surface area contributed by atoms with Crippen molar-refractivity contribution in [2.75, 3.05) is 33.2 Å². The Balaban J connectivity index is 1.73. The third-order valence-corrected chi connectivity index (χ3v) is 4.76. The molecule has 0 saturated carbocycles. The summed E-state index contributed by atoms with van der Waals surface area (Å²) in [5.74, 6) is -2.46. The Bertz CT molecular complexity index is 392. The molecule has 4 atom stereocenters. The normalized spacial score (nSPS) is 38.7. The number of carbonyl (C=O) groups is 2. The number of carboxylic acids is 1. The fourth-order valence-electron chi connectivity index (χ4n) is 3.61. The van der Waals surface area contributed by atoms with Gasteiger partial charge in [0.25, 0.3) is 0 Å². The number of hydrogen-bond acceptors (Lipinski definition) is 4. The highest BCUT2D eigenvalue weighted by atomic mass is 16.5. The summed E-state index contributed by atoms with van der Waals surface area (Å²) in [6.45, 7) is 3.25. The van der Waals surface area contributed by atoms with Crippen molar-refractivity contribution in [1.29, 1.82) is 0 Å². The first-order valence-electron chi connectivity index (χ1n) is 7.04. The lowest BCUT2D eigenvalue weighted by Gasteiger charge is -2.35. The second-order valence-corrected chi connectivity index (χ2v) is 5.94. The molecule has 1 N–H and O–H groups in total. The molecule has 2 bridgehead atoms. The highest BCUT2D eigenvalue weighted by Gasteiger charge is 2.53. The average Bonchev–Trinajstić information content (AvgIpc) is 2.98. The third kappa shape index (κ3) is 2.12. The Labute approximate surface area is 112 Å². The number of ether oxygens (including phenoxy) is 1. The van der Waals surface area contributed by atoms with Gasteiger partial charge in [-0.1, -0.05) is 0 Å². The molecule has 6 heteroatoms. The molecular weight excluding hydrogens is 248 g/mol. The topological polar surface area (TPSA) is 74.1 Å². The van der Waals surface area contributed by atoms with Gasteiger partial charge in [0, 0.05) is 11.9 Å². The van der Waals surface area contributed by atoms with Gasteiger partial charge in [-0.2, -0.15) is 0 Å². The first-order valence-corrected chi connectivity index (χ1v) is 7.04. The third-order valence-electron chi connectivity index (χ3n) is 4.76. The van der Waals surface area contributed by atoms with E-state index in [4.69, 9.17) is 4.74 Å². The minimum Gasteiger partial charge on any atom is -0.550 e. The van der Waals surface area contributed by atoms with Crippen molar-refractivity contribution >= 4 is 11.9 Å². The maximum absolute atomic E-state index is 12.6. The lowest BCUT2D eigenvalue weighted by atomic mass is 9.78. The minimum atomic E-state index is -1.13. The van der Waals surface area contributed by atoms with E-state index < -0.39 is 17.8 Å². The summed E-state index contributed by atoms with van der Waals surface area (Å²) in [6, 6.07) is 0. The fourth-order valence-corrected chi connectivity index (χ4v) is 3.61. The number of fused-ring (bicyclic) bond motifs is 2. The quantitative estimate of drug-likeness (QED) is 0.575. The molecule has 3 fully saturated rings. The summed E-state index contributed by atoms with van der Waals surface area (Å²) in [5, 5.41) is 11.3. The van der Waals surface area contributed by atoms with Crippen LogP contribution in [0.5, 0.6) is 0 Å². The van der Waals surface area contributed by atoms with E-state index in [0.29, 0.717) is 13.1 Å². The SMILES string of the molecule is C[NH+]1CCN(C(=O)[C@@H]2[C@H](C(=O)[O-])[C@H]3CC[C@@H]2O3)CC1. The summed E-state index contributed by atoms with van der Waals surface area (Å²) >= 11 is 0. The van der Waals surface area contributed by atoms with Gasteiger partial charge in [0.15, 0.2) is 0 Å². The zero-order valence-corrected chi connectivity index (χ0v) is 11.1. The van der Waals surface area contributed by atoms with Crippen LogP contribution in [0.1, 0.15) is 12.8 Å². The van der Waals surface area contributed by atoms with Crippen LogP contribution < -0.4 is 10.0 Å². The van der Waals surface area contributed by atoms with Crippen LogP contribution in [-0.2, 0) is 14.3 Å². The Morgan fingerprint density at radius 3 is 2.32 bits per heavy atom. The van der Waals surface area contributed by atoms with E-state index in [0.717, 1.165) is 25.9 Å². The van der Waals surface area contributed by atoms with Crippen LogP contribution in [0.2, 0.25) is 0 Å². The molecule has 19 heavy (non-hydrogen) atoms. The van der Waals surface area contributed by atoms with Crippen molar-refractivity contribution in [1.82, 2.24) is 4.90 Å².